The molecule has 0 radical (unpaired) electrons. The van der Waals surface area contributed by atoms with E-state index in [1.807, 2.05) is 42.1 Å². The van der Waals surface area contributed by atoms with E-state index in [1.165, 1.54) is 17.1 Å². The molecule has 2 aromatic heterocycles. The van der Waals surface area contributed by atoms with E-state index in [-0.39, 0.29) is 144 Å². The third-order valence-electron chi connectivity index (χ3n) is 20.7. The van der Waals surface area contributed by atoms with Crippen LogP contribution < -0.4 is 52.2 Å². The van der Waals surface area contributed by atoms with Gasteiger partial charge in [-0.05, 0) is 130 Å². The summed E-state index contributed by atoms with van der Waals surface area (Å²) >= 11 is 0. The number of urea groups is 1. The number of carbonyl (C=O) groups excluding carboxylic acids is 11. The summed E-state index contributed by atoms with van der Waals surface area (Å²) < 4.78 is 19.9. The van der Waals surface area contributed by atoms with Crippen molar-refractivity contribution >= 4 is 94.1 Å². The van der Waals surface area contributed by atoms with Gasteiger partial charge in [-0.2, -0.15) is 4.98 Å². The summed E-state index contributed by atoms with van der Waals surface area (Å²) in [6.45, 7) is 6.58. The number of rotatable bonds is 32. The normalized spacial score (nSPS) is 18.9. The molecule has 31 nitrogen and oxygen atoms in total. The first-order valence-electron chi connectivity index (χ1n) is 37.3. The van der Waals surface area contributed by atoms with Crippen LogP contribution in [0.1, 0.15) is 169 Å². The van der Waals surface area contributed by atoms with Crippen LogP contribution in [-0.2, 0) is 61.0 Å². The zero-order valence-electron chi connectivity index (χ0n) is 61.6. The predicted molar refractivity (Wildman–Crippen MR) is 397 cm³/mol. The topological polar surface area (TPSA) is 386 Å². The largest absolute Gasteiger partial charge is 0.495 e. The number of nitrogens with zero attached hydrogens (tertiary/aromatic N) is 10. The maximum atomic E-state index is 14.4. The standard InChI is InChI=1S/C77H95N17O14/c1-6-60-74(103)89(4)62-43-80-76(86-69(62)94(60)54-18-9-10-19-54)83-57-32-25-50(42-63(57)106-5)59-45-93(88-87-59)53-30-28-52(29-31-53)90(39-41-107-40-13-11-16-49-17-14-20-55-56(49)44-92(73(55)102)61-33-34-65(96)85-71(61)100)77(105)108-46-48-23-26-51(27-24-48)81-70(99)58(21-15-37-79-75(78)104)82-72(101)68(47(2)3)84-64(95)22-8-7-12-38-91-66(97)35-36-67(91)98/h14,17,20,23-27,32,35-36,42-43,45,47,52-54,58,60-61,68H,6-10,12-13,15,18-19,21-22,28-31,33-34,37-41,44,46H2,1-5H3,(H,81,99)(H,82,101)(H,84,95)(H3,78,79,104)(H,80,83,86)(H,85,96,100)/t52?,53?,58-,60+,61?,68-/m0/s1. The number of nitrogens with two attached hydrogens (primary N) is 1. The first-order valence-corrected chi connectivity index (χ1v) is 37.3. The van der Waals surface area contributed by atoms with Crippen molar-refractivity contribution in [3.63, 3.8) is 0 Å². The second kappa shape index (κ2) is 36.3. The predicted octanol–water partition coefficient (Wildman–Crippen LogP) is 6.83. The molecule has 2 aliphatic carbocycles. The number of likely N-dealkylation sites (N-methyl/N-ethyl adjacent to an activating group) is 1. The van der Waals surface area contributed by atoms with Crippen molar-refractivity contribution in [3.8, 4) is 28.8 Å². The SMILES string of the molecule is CC[C@@H]1C(=O)N(C)c2cnc(Nc3ccc(-c4cn(C5CCC(N(CCOCCC#Cc6cccc7c6CN(C6CCC(=O)NC6=O)C7=O)C(=O)OCc6ccc(NC(=O)[C@H](CCCNC(N)=O)NC(=O)[C@@H](NC(=O)CCCCCN7C(=O)C=CC7=O)C(C)C)cc6)CC5)nn4)cc3OC)nc2N1C1CCCC1. The van der Waals surface area contributed by atoms with Crippen molar-refractivity contribution in [2.45, 2.75) is 192 Å². The lowest BCUT2D eigenvalue weighted by atomic mass is 9.90. The van der Waals surface area contributed by atoms with Gasteiger partial charge in [0, 0.05) is 99.1 Å². The Balaban J connectivity index is 0.711. The summed E-state index contributed by atoms with van der Waals surface area (Å²) in [5.74, 6) is 4.22. The molecule has 3 aromatic carbocycles. The number of fused-ring (bicyclic) bond motifs is 2. The summed E-state index contributed by atoms with van der Waals surface area (Å²) in [7, 11) is 3.36. The Morgan fingerprint density at radius 3 is 2.34 bits per heavy atom. The number of aromatic nitrogens is 5. The van der Waals surface area contributed by atoms with Crippen LogP contribution in [0.5, 0.6) is 5.75 Å². The van der Waals surface area contributed by atoms with Crippen LogP contribution in [0, 0.1) is 17.8 Å². The highest BCUT2D eigenvalue weighted by molar-refractivity contribution is 6.13. The molecule has 8 N–H and O–H groups in total. The van der Waals surface area contributed by atoms with Gasteiger partial charge < -0.3 is 66.1 Å². The Bertz CT molecular complexity index is 4250. The molecule has 5 aromatic rings. The van der Waals surface area contributed by atoms with Gasteiger partial charge in [0.25, 0.3) is 17.7 Å². The highest BCUT2D eigenvalue weighted by Crippen LogP contribution is 2.42. The van der Waals surface area contributed by atoms with Crippen LogP contribution in [0.2, 0.25) is 0 Å². The minimum absolute atomic E-state index is 0.0374. The molecule has 0 bridgehead atoms. The smallest absolute Gasteiger partial charge is 0.410 e. The van der Waals surface area contributed by atoms with Crippen LogP contribution in [0.4, 0.5) is 38.4 Å². The van der Waals surface area contributed by atoms with Crippen LogP contribution in [-0.4, -0.2) is 188 Å². The number of anilines is 5. The third-order valence-corrected chi connectivity index (χ3v) is 20.7. The monoisotopic (exact) mass is 1480 g/mol. The molecule has 11 rings (SSSR count). The second-order valence-corrected chi connectivity index (χ2v) is 28.2. The number of imide groups is 2. The van der Waals surface area contributed by atoms with Crippen LogP contribution in [0.25, 0.3) is 11.3 Å². The number of ether oxygens (including phenoxy) is 3. The van der Waals surface area contributed by atoms with E-state index >= 15 is 0 Å². The van der Waals surface area contributed by atoms with Gasteiger partial charge in [0.2, 0.25) is 41.4 Å². The number of carbonyl (C=O) groups is 11. The van der Waals surface area contributed by atoms with Crippen LogP contribution in [0.15, 0.2) is 85.2 Å². The summed E-state index contributed by atoms with van der Waals surface area (Å²) in [5, 5.41) is 25.8. The molecule has 12 amide bonds. The van der Waals surface area contributed by atoms with E-state index in [9.17, 15) is 52.7 Å². The van der Waals surface area contributed by atoms with Crippen molar-refractivity contribution in [3.05, 3.63) is 107 Å². The molecular formula is C77H95N17O14. The molecule has 4 aliphatic heterocycles. The molecule has 6 heterocycles. The number of nitrogens with one attached hydrogen (secondary N) is 6. The number of methoxy groups -OCH3 is 1. The van der Waals surface area contributed by atoms with Crippen LogP contribution in [0.3, 0.4) is 0 Å². The third kappa shape index (κ3) is 19.1. The maximum absolute atomic E-state index is 14.4. The summed E-state index contributed by atoms with van der Waals surface area (Å²) in [5.41, 5.74) is 10.8. The Labute approximate surface area is 626 Å². The van der Waals surface area contributed by atoms with Gasteiger partial charge >= 0.3 is 12.1 Å². The molecule has 6 aliphatic rings. The fraction of sp³-hybridized carbons (Fsp3) is 0.494. The highest BCUT2D eigenvalue weighted by Gasteiger charge is 2.43. The Morgan fingerprint density at radius 2 is 1.62 bits per heavy atom. The zero-order valence-corrected chi connectivity index (χ0v) is 61.6. The van der Waals surface area contributed by atoms with Crippen molar-refractivity contribution < 1.29 is 67.0 Å². The highest BCUT2D eigenvalue weighted by atomic mass is 16.6. The van der Waals surface area contributed by atoms with Gasteiger partial charge in [-0.15, -0.1) is 5.10 Å². The first-order chi connectivity index (χ1) is 52.2. The molecule has 0 spiro atoms. The first kappa shape index (κ1) is 77.8. The van der Waals surface area contributed by atoms with Crippen molar-refractivity contribution in [1.82, 2.24) is 60.9 Å². The molecule has 31 heteroatoms. The summed E-state index contributed by atoms with van der Waals surface area (Å²) in [4.78, 5) is 160. The van der Waals surface area contributed by atoms with Crippen molar-refractivity contribution in [2.75, 3.05) is 67.4 Å². The summed E-state index contributed by atoms with van der Waals surface area (Å²) in [6, 6.07) is 13.7. The molecular weight excluding hydrogens is 1390 g/mol. The van der Waals surface area contributed by atoms with E-state index in [4.69, 9.17) is 24.9 Å². The van der Waals surface area contributed by atoms with Gasteiger partial charge in [0.05, 0.1) is 44.4 Å². The molecule has 108 heavy (non-hydrogen) atoms. The van der Waals surface area contributed by atoms with Crippen LogP contribution >= 0.6 is 0 Å². The minimum atomic E-state index is -1.10. The Kier molecular flexibility index (Phi) is 26.2. The minimum Gasteiger partial charge on any atom is -0.495 e. The number of hydrogen-bond acceptors (Lipinski definition) is 20. The average molecular weight is 1480 g/mol. The van der Waals surface area contributed by atoms with E-state index in [0.29, 0.717) is 114 Å². The molecule has 572 valence electrons. The lowest BCUT2D eigenvalue weighted by Crippen LogP contribution is -2.55. The zero-order chi connectivity index (χ0) is 76.5. The van der Waals surface area contributed by atoms with Gasteiger partial charge in [-0.1, -0.05) is 81.4 Å². The van der Waals surface area contributed by atoms with Crippen molar-refractivity contribution in [1.29, 1.82) is 0 Å². The number of piperidine rings is 1. The maximum Gasteiger partial charge on any atom is 0.410 e. The average Bonchev–Trinajstić information content (AvgIpc) is 1.04. The fourth-order valence-corrected chi connectivity index (χ4v) is 14.8. The number of benzene rings is 3. The van der Waals surface area contributed by atoms with E-state index in [1.54, 1.807) is 80.4 Å². The molecule has 1 unspecified atom stereocenters. The van der Waals surface area contributed by atoms with E-state index in [0.717, 1.165) is 42.0 Å². The molecule has 4 atom stereocenters. The molecule has 2 saturated carbocycles. The molecule has 1 saturated heterocycles. The van der Waals surface area contributed by atoms with Gasteiger partial charge in [-0.25, -0.2) is 19.3 Å². The van der Waals surface area contributed by atoms with E-state index < -0.39 is 48.0 Å². The van der Waals surface area contributed by atoms with Crippen molar-refractivity contribution in [2.24, 2.45) is 11.7 Å². The molecule has 3 fully saturated rings. The summed E-state index contributed by atoms with van der Waals surface area (Å²) in [6.07, 6.45) is 15.6. The van der Waals surface area contributed by atoms with E-state index in [2.05, 4.69) is 63.9 Å². The lowest BCUT2D eigenvalue weighted by molar-refractivity contribution is -0.138. The second-order valence-electron chi connectivity index (χ2n) is 28.2. The Hall–Kier alpha value is -11.3. The quantitative estimate of drug-likeness (QED) is 0.0132. The Morgan fingerprint density at radius 1 is 0.852 bits per heavy atom. The van der Waals surface area contributed by atoms with Gasteiger partial charge in [0.1, 0.15) is 47.9 Å². The lowest BCUT2D eigenvalue weighted by Gasteiger charge is -2.43. The fourth-order valence-electron chi connectivity index (χ4n) is 14.8. The number of amides is 12. The van der Waals surface area contributed by atoms with Gasteiger partial charge in [0.15, 0.2) is 5.82 Å². The number of unbranched alkanes of at least 4 members (excludes halogenated alkanes) is 2. The van der Waals surface area contributed by atoms with Gasteiger partial charge in [-0.3, -0.25) is 53.4 Å². The number of primary amides is 1. The number of hydrogen-bond donors (Lipinski definition) is 7.